The molecular formula is C17H35N3O15S. The molecule has 14 atom stereocenters. The predicted molar refractivity (Wildman–Crippen MR) is 114 cm³/mol. The molecule has 36 heavy (non-hydrogen) atoms. The highest BCUT2D eigenvalue weighted by Crippen LogP contribution is 2.31. The number of hydrogen-bond donors (Lipinski definition) is 12. The molecule has 0 aromatic heterocycles. The Morgan fingerprint density at radius 2 is 1.08 bits per heavy atom. The zero-order chi connectivity index (χ0) is 27.5. The molecule has 18 nitrogen and oxygen atoms in total. The fourth-order valence-corrected chi connectivity index (χ4v) is 4.15. The number of nitrogens with two attached hydrogens (primary N) is 3. The van der Waals surface area contributed by atoms with Crippen LogP contribution < -0.4 is 17.2 Å². The number of aliphatic hydroxyl groups is 7. The Bertz CT molecular complexity index is 785. The molecule has 0 aromatic rings. The van der Waals surface area contributed by atoms with E-state index in [-0.39, 0.29) is 6.42 Å². The standard InChI is InChI=1S/C17H33N3O11.H2O4S/c18-4-1-5(19)15(31-17-12(26)10(24)7(3-22)29-17)13(27)14(4)30-16-8(20)11(25)9(23)6(2-21)28-16;1-5(2,3)4/h4-17,21-27H,1-3,18-20H2;(H2,1,2,3,4)/t4-,5+,6+,7-,8+,9+,10-,11+,12-,13-,14+,15-,16+,17+;/m0./s1. The lowest BCUT2D eigenvalue weighted by atomic mass is 9.84. The minimum absolute atomic E-state index is 0.123. The van der Waals surface area contributed by atoms with Gasteiger partial charge in [0, 0.05) is 12.1 Å². The lowest BCUT2D eigenvalue weighted by molar-refractivity contribution is -0.302. The molecule has 19 heteroatoms. The van der Waals surface area contributed by atoms with Crippen molar-refractivity contribution in [3.63, 3.8) is 0 Å². The molecular weight excluding hydrogens is 518 g/mol. The SMILES string of the molecule is N[C@H]1[C@@H](O[C@H]2[C@H](O)[C@@H](O[C@H]3O[C@@H](CO)[C@H](O)[C@@H]3O)[C@H](N)C[C@@H]2N)O[C@H](CO)[C@@H](O)[C@@H]1O.O=S(=O)(O)O. The first-order valence-corrected chi connectivity index (χ1v) is 12.2. The van der Waals surface area contributed by atoms with Crippen LogP contribution >= 0.6 is 0 Å². The molecule has 0 aromatic carbocycles. The Balaban J connectivity index is 0.000000830. The van der Waals surface area contributed by atoms with Gasteiger partial charge in [-0.3, -0.25) is 9.11 Å². The van der Waals surface area contributed by atoms with Gasteiger partial charge >= 0.3 is 10.4 Å². The number of aliphatic hydroxyl groups excluding tert-OH is 7. The second-order valence-electron chi connectivity index (χ2n) is 8.69. The third-order valence-corrected chi connectivity index (χ3v) is 6.07. The Morgan fingerprint density at radius 1 is 0.694 bits per heavy atom. The lowest BCUT2D eigenvalue weighted by Crippen LogP contribution is -2.67. The summed E-state index contributed by atoms with van der Waals surface area (Å²) in [4.78, 5) is 0. The van der Waals surface area contributed by atoms with Crippen molar-refractivity contribution in [3.05, 3.63) is 0 Å². The lowest BCUT2D eigenvalue weighted by Gasteiger charge is -2.46. The molecule has 2 aliphatic heterocycles. The first-order chi connectivity index (χ1) is 16.6. The Morgan fingerprint density at radius 3 is 1.53 bits per heavy atom. The molecule has 0 radical (unpaired) electrons. The minimum atomic E-state index is -4.67. The van der Waals surface area contributed by atoms with Crippen molar-refractivity contribution in [1.82, 2.24) is 0 Å². The van der Waals surface area contributed by atoms with Crippen molar-refractivity contribution >= 4 is 10.4 Å². The van der Waals surface area contributed by atoms with E-state index in [0.717, 1.165) is 0 Å². The molecule has 3 fully saturated rings. The minimum Gasteiger partial charge on any atom is -0.394 e. The molecule has 214 valence electrons. The van der Waals surface area contributed by atoms with Crippen molar-refractivity contribution in [2.24, 2.45) is 17.2 Å². The van der Waals surface area contributed by atoms with Gasteiger partial charge in [-0.05, 0) is 6.42 Å². The average molecular weight is 554 g/mol. The van der Waals surface area contributed by atoms with E-state index in [1.807, 2.05) is 0 Å². The molecule has 3 rings (SSSR count). The van der Waals surface area contributed by atoms with Crippen LogP contribution in [0.4, 0.5) is 0 Å². The number of ether oxygens (including phenoxy) is 4. The maximum atomic E-state index is 10.8. The third kappa shape index (κ3) is 7.68. The van der Waals surface area contributed by atoms with Gasteiger partial charge in [-0.2, -0.15) is 8.42 Å². The summed E-state index contributed by atoms with van der Waals surface area (Å²) < 4.78 is 53.6. The van der Waals surface area contributed by atoms with E-state index >= 15 is 0 Å². The highest BCUT2D eigenvalue weighted by Gasteiger charge is 2.51. The van der Waals surface area contributed by atoms with Gasteiger partial charge in [-0.15, -0.1) is 0 Å². The van der Waals surface area contributed by atoms with E-state index in [1.54, 1.807) is 0 Å². The molecule has 0 bridgehead atoms. The van der Waals surface area contributed by atoms with Crippen LogP contribution in [0, 0.1) is 0 Å². The van der Waals surface area contributed by atoms with Gasteiger partial charge in [-0.1, -0.05) is 0 Å². The van der Waals surface area contributed by atoms with E-state index in [1.165, 1.54) is 0 Å². The summed E-state index contributed by atoms with van der Waals surface area (Å²) in [5.41, 5.74) is 18.0. The molecule has 0 unspecified atom stereocenters. The summed E-state index contributed by atoms with van der Waals surface area (Å²) in [6.07, 6.45) is -14.3. The van der Waals surface area contributed by atoms with E-state index < -0.39 is 109 Å². The summed E-state index contributed by atoms with van der Waals surface area (Å²) in [7, 11) is -4.67. The summed E-state index contributed by atoms with van der Waals surface area (Å²) in [6.45, 7) is -1.16. The van der Waals surface area contributed by atoms with Crippen LogP contribution in [-0.4, -0.2) is 152 Å². The first kappa shape index (κ1) is 31.5. The molecule has 3 aliphatic rings. The van der Waals surface area contributed by atoms with Gasteiger partial charge in [0.1, 0.15) is 54.9 Å². The second-order valence-corrected chi connectivity index (χ2v) is 9.59. The zero-order valence-electron chi connectivity index (χ0n) is 18.8. The molecule has 15 N–H and O–H groups in total. The average Bonchev–Trinajstić information content (AvgIpc) is 3.05. The maximum Gasteiger partial charge on any atom is 0.394 e. The van der Waals surface area contributed by atoms with Gasteiger partial charge in [0.2, 0.25) is 0 Å². The third-order valence-electron chi connectivity index (χ3n) is 6.07. The van der Waals surface area contributed by atoms with Crippen molar-refractivity contribution in [2.75, 3.05) is 13.2 Å². The highest BCUT2D eigenvalue weighted by atomic mass is 32.3. The smallest absolute Gasteiger partial charge is 0.394 e. The Labute approximate surface area is 205 Å². The summed E-state index contributed by atoms with van der Waals surface area (Å²) in [5.74, 6) is 0. The van der Waals surface area contributed by atoms with Crippen molar-refractivity contribution in [3.8, 4) is 0 Å². The van der Waals surface area contributed by atoms with Gasteiger partial charge in [0.25, 0.3) is 0 Å². The number of rotatable bonds is 6. The monoisotopic (exact) mass is 553 g/mol. The number of hydrogen-bond acceptors (Lipinski definition) is 16. The van der Waals surface area contributed by atoms with E-state index in [9.17, 15) is 35.7 Å². The largest absolute Gasteiger partial charge is 0.394 e. The van der Waals surface area contributed by atoms with Crippen LogP contribution in [0.3, 0.4) is 0 Å². The zero-order valence-corrected chi connectivity index (χ0v) is 19.6. The van der Waals surface area contributed by atoms with Crippen molar-refractivity contribution in [1.29, 1.82) is 0 Å². The molecule has 2 saturated heterocycles. The van der Waals surface area contributed by atoms with Crippen LogP contribution in [0.2, 0.25) is 0 Å². The van der Waals surface area contributed by atoms with E-state index in [4.69, 9.17) is 53.7 Å². The first-order valence-electron chi connectivity index (χ1n) is 10.8. The predicted octanol–water partition coefficient (Wildman–Crippen LogP) is -7.27. The van der Waals surface area contributed by atoms with Crippen LogP contribution in [0.25, 0.3) is 0 Å². The van der Waals surface area contributed by atoms with Gasteiger partial charge in [-0.25, -0.2) is 0 Å². The summed E-state index contributed by atoms with van der Waals surface area (Å²) in [5, 5.41) is 69.3. The van der Waals surface area contributed by atoms with Crippen LogP contribution in [0.1, 0.15) is 6.42 Å². The molecule has 0 spiro atoms. The van der Waals surface area contributed by atoms with Crippen LogP contribution in [0.15, 0.2) is 0 Å². The Hall–Kier alpha value is -0.690. The van der Waals surface area contributed by atoms with E-state index in [0.29, 0.717) is 0 Å². The van der Waals surface area contributed by atoms with Gasteiger partial charge in [0.15, 0.2) is 12.6 Å². The van der Waals surface area contributed by atoms with Gasteiger partial charge < -0.3 is 71.9 Å². The quantitative estimate of drug-likeness (QED) is 0.136. The second kappa shape index (κ2) is 12.9. The van der Waals surface area contributed by atoms with Crippen molar-refractivity contribution < 1.29 is 72.2 Å². The normalized spacial score (nSPS) is 47.8. The summed E-state index contributed by atoms with van der Waals surface area (Å²) >= 11 is 0. The highest BCUT2D eigenvalue weighted by molar-refractivity contribution is 7.79. The molecule has 0 amide bonds. The maximum absolute atomic E-state index is 10.8. The molecule has 1 aliphatic carbocycles. The van der Waals surface area contributed by atoms with Crippen LogP contribution in [-0.2, 0) is 29.3 Å². The van der Waals surface area contributed by atoms with Crippen molar-refractivity contribution in [2.45, 2.75) is 92.1 Å². The topological polar surface area (TPSA) is 331 Å². The molecule has 1 saturated carbocycles. The fraction of sp³-hybridized carbons (Fsp3) is 1.00. The molecule has 2 heterocycles. The Kier molecular flexibility index (Phi) is 11.3. The summed E-state index contributed by atoms with van der Waals surface area (Å²) in [6, 6.07) is -2.78. The van der Waals surface area contributed by atoms with E-state index in [2.05, 4.69) is 0 Å². The van der Waals surface area contributed by atoms with Crippen LogP contribution in [0.5, 0.6) is 0 Å². The van der Waals surface area contributed by atoms with Gasteiger partial charge in [0.05, 0.1) is 19.3 Å². The fourth-order valence-electron chi connectivity index (χ4n) is 4.15.